The van der Waals surface area contributed by atoms with Crippen molar-refractivity contribution in [3.63, 3.8) is 0 Å². The minimum atomic E-state index is -3.61. The average Bonchev–Trinajstić information content (AvgIpc) is 2.46. The van der Waals surface area contributed by atoms with E-state index in [1.54, 1.807) is 30.5 Å². The van der Waals surface area contributed by atoms with Gasteiger partial charge < -0.3 is 0 Å². The first kappa shape index (κ1) is 17.0. The Morgan fingerprint density at radius 1 is 1.05 bits per heavy atom. The zero-order valence-corrected chi connectivity index (χ0v) is 15.4. The van der Waals surface area contributed by atoms with Gasteiger partial charge in [0.25, 0.3) is 10.0 Å². The van der Waals surface area contributed by atoms with Crippen LogP contribution in [0.25, 0.3) is 0 Å². The van der Waals surface area contributed by atoms with Crippen molar-refractivity contribution >= 4 is 31.8 Å². The molecule has 0 N–H and O–H groups in total. The largest absolute Gasteiger partial charge is 0.265 e. The van der Waals surface area contributed by atoms with Crippen LogP contribution < -0.4 is 4.31 Å². The molecule has 0 radical (unpaired) electrons. The molecule has 1 aromatic heterocycles. The van der Waals surface area contributed by atoms with Crippen LogP contribution in [0, 0.1) is 0 Å². The van der Waals surface area contributed by atoms with Crippen LogP contribution in [0.2, 0.25) is 0 Å². The zero-order valence-electron chi connectivity index (χ0n) is 13.0. The molecule has 0 bridgehead atoms. The topological polar surface area (TPSA) is 50.3 Å². The normalized spacial score (nSPS) is 12.2. The third-order valence-corrected chi connectivity index (χ3v) is 5.66. The molecule has 0 spiro atoms. The summed E-state index contributed by atoms with van der Waals surface area (Å²) in [6.45, 7) is 6.27. The molecule has 0 unspecified atom stereocenters. The molecule has 0 saturated carbocycles. The van der Waals surface area contributed by atoms with E-state index in [2.05, 4.69) is 41.7 Å². The van der Waals surface area contributed by atoms with Crippen LogP contribution >= 0.6 is 15.9 Å². The SMILES string of the molecule is CN(c1ccc(Br)cn1)S(=O)(=O)c1ccc(C(C)(C)C)cc1. The van der Waals surface area contributed by atoms with Gasteiger partial charge in [-0.2, -0.15) is 0 Å². The van der Waals surface area contributed by atoms with Crippen molar-refractivity contribution in [1.82, 2.24) is 4.98 Å². The number of pyridine rings is 1. The highest BCUT2D eigenvalue weighted by Crippen LogP contribution is 2.26. The van der Waals surface area contributed by atoms with E-state index >= 15 is 0 Å². The predicted octanol–water partition coefficient (Wildman–Crippen LogP) is 3.97. The lowest BCUT2D eigenvalue weighted by molar-refractivity contribution is 0.585. The lowest BCUT2D eigenvalue weighted by Crippen LogP contribution is -2.27. The fourth-order valence-corrected chi connectivity index (χ4v) is 3.35. The maximum atomic E-state index is 12.7. The fourth-order valence-electron chi connectivity index (χ4n) is 1.96. The summed E-state index contributed by atoms with van der Waals surface area (Å²) in [5.41, 5.74) is 1.08. The van der Waals surface area contributed by atoms with Gasteiger partial charge in [-0.3, -0.25) is 4.31 Å². The first-order chi connectivity index (χ1) is 10.1. The smallest absolute Gasteiger partial charge is 0.253 e. The molecule has 0 saturated heterocycles. The molecule has 118 valence electrons. The molecule has 0 atom stereocenters. The molecule has 22 heavy (non-hydrogen) atoms. The minimum absolute atomic E-state index is 0.0124. The van der Waals surface area contributed by atoms with Crippen LogP contribution in [0.5, 0.6) is 0 Å². The zero-order chi connectivity index (χ0) is 16.5. The summed E-state index contributed by atoms with van der Waals surface area (Å²) in [7, 11) is -2.11. The fraction of sp³-hybridized carbons (Fsp3) is 0.312. The van der Waals surface area contributed by atoms with Crippen LogP contribution in [0.15, 0.2) is 52.0 Å². The highest BCUT2D eigenvalue weighted by atomic mass is 79.9. The number of halogens is 1. The maximum absolute atomic E-state index is 12.7. The Hall–Kier alpha value is -1.40. The number of hydrogen-bond donors (Lipinski definition) is 0. The van der Waals surface area contributed by atoms with Crippen molar-refractivity contribution in [1.29, 1.82) is 0 Å². The third kappa shape index (κ3) is 3.50. The van der Waals surface area contributed by atoms with Crippen molar-refractivity contribution in [3.05, 3.63) is 52.6 Å². The molecule has 0 fully saturated rings. The van der Waals surface area contributed by atoms with E-state index in [1.165, 1.54) is 11.4 Å². The number of nitrogens with zero attached hydrogens (tertiary/aromatic N) is 2. The monoisotopic (exact) mass is 382 g/mol. The summed E-state index contributed by atoms with van der Waals surface area (Å²) in [6.07, 6.45) is 1.57. The Balaban J connectivity index is 2.35. The van der Waals surface area contributed by atoms with Crippen molar-refractivity contribution in [3.8, 4) is 0 Å². The van der Waals surface area contributed by atoms with Crippen molar-refractivity contribution in [2.45, 2.75) is 31.1 Å². The Morgan fingerprint density at radius 3 is 2.09 bits per heavy atom. The van der Waals surface area contributed by atoms with Crippen molar-refractivity contribution < 1.29 is 8.42 Å². The third-order valence-electron chi connectivity index (χ3n) is 3.41. The van der Waals surface area contributed by atoms with Gasteiger partial charge in [0, 0.05) is 17.7 Å². The van der Waals surface area contributed by atoms with Gasteiger partial charge in [0.1, 0.15) is 5.82 Å². The summed E-state index contributed by atoms with van der Waals surface area (Å²) in [5.74, 6) is 0.378. The second kappa shape index (κ2) is 6.01. The Labute approximate surface area is 140 Å². The van der Waals surface area contributed by atoms with Gasteiger partial charge in [-0.25, -0.2) is 13.4 Å². The highest BCUT2D eigenvalue weighted by Gasteiger charge is 2.23. The minimum Gasteiger partial charge on any atom is -0.253 e. The van der Waals surface area contributed by atoms with Gasteiger partial charge in [0.2, 0.25) is 0 Å². The summed E-state index contributed by atoms with van der Waals surface area (Å²) in [6, 6.07) is 10.4. The van der Waals surface area contributed by atoms with Crippen molar-refractivity contribution in [2.24, 2.45) is 0 Å². The van der Waals surface area contributed by atoms with E-state index < -0.39 is 10.0 Å². The second-order valence-corrected chi connectivity index (χ2v) is 8.97. The summed E-state index contributed by atoms with van der Waals surface area (Å²) < 4.78 is 27.3. The van der Waals surface area contributed by atoms with Crippen LogP contribution in [-0.4, -0.2) is 20.4 Å². The molecule has 0 amide bonds. The number of sulfonamides is 1. The summed E-state index contributed by atoms with van der Waals surface area (Å²) >= 11 is 3.29. The first-order valence-corrected chi connectivity index (χ1v) is 9.07. The number of aromatic nitrogens is 1. The van der Waals surface area contributed by atoms with Crippen LogP contribution in [-0.2, 0) is 15.4 Å². The van der Waals surface area contributed by atoms with Gasteiger partial charge in [-0.05, 0) is 51.2 Å². The Kier molecular flexibility index (Phi) is 4.63. The van der Waals surface area contributed by atoms with E-state index in [0.29, 0.717) is 5.82 Å². The van der Waals surface area contributed by atoms with Gasteiger partial charge >= 0.3 is 0 Å². The quantitative estimate of drug-likeness (QED) is 0.806. The van der Waals surface area contributed by atoms with E-state index in [4.69, 9.17) is 0 Å². The van der Waals surface area contributed by atoms with Gasteiger partial charge in [-0.15, -0.1) is 0 Å². The van der Waals surface area contributed by atoms with Crippen LogP contribution in [0.4, 0.5) is 5.82 Å². The van der Waals surface area contributed by atoms with Gasteiger partial charge in [0.05, 0.1) is 4.90 Å². The van der Waals surface area contributed by atoms with Gasteiger partial charge in [0.15, 0.2) is 0 Å². The molecule has 2 aromatic rings. The van der Waals surface area contributed by atoms with Gasteiger partial charge in [-0.1, -0.05) is 32.9 Å². The number of benzene rings is 1. The van der Waals surface area contributed by atoms with Crippen LogP contribution in [0.1, 0.15) is 26.3 Å². The van der Waals surface area contributed by atoms with Crippen molar-refractivity contribution in [2.75, 3.05) is 11.4 Å². The average molecular weight is 383 g/mol. The first-order valence-electron chi connectivity index (χ1n) is 6.83. The molecule has 1 heterocycles. The lowest BCUT2D eigenvalue weighted by atomic mass is 9.87. The Morgan fingerprint density at radius 2 is 1.64 bits per heavy atom. The summed E-state index contributed by atoms with van der Waals surface area (Å²) in [4.78, 5) is 4.38. The van der Waals surface area contributed by atoms with E-state index in [9.17, 15) is 8.42 Å². The standard InChI is InChI=1S/C16H19BrN2O2S/c1-16(2,3)12-5-8-14(9-6-12)22(20,21)19(4)15-10-7-13(17)11-18-15/h5-11H,1-4H3. The maximum Gasteiger partial charge on any atom is 0.265 e. The molecular weight excluding hydrogens is 364 g/mol. The molecule has 2 rings (SSSR count). The molecular formula is C16H19BrN2O2S. The second-order valence-electron chi connectivity index (χ2n) is 6.08. The van der Waals surface area contributed by atoms with Crippen LogP contribution in [0.3, 0.4) is 0 Å². The molecule has 1 aromatic carbocycles. The molecule has 4 nitrogen and oxygen atoms in total. The Bertz CT molecular complexity index is 748. The molecule has 0 aliphatic heterocycles. The van der Waals surface area contributed by atoms with E-state index in [-0.39, 0.29) is 10.3 Å². The summed E-state index contributed by atoms with van der Waals surface area (Å²) in [5, 5.41) is 0. The highest BCUT2D eigenvalue weighted by molar-refractivity contribution is 9.10. The van der Waals surface area contributed by atoms with E-state index in [0.717, 1.165) is 10.0 Å². The number of anilines is 1. The molecule has 6 heteroatoms. The predicted molar refractivity (Wildman–Crippen MR) is 92.7 cm³/mol. The molecule has 0 aliphatic rings. The molecule has 0 aliphatic carbocycles. The number of rotatable bonds is 3. The number of hydrogen-bond acceptors (Lipinski definition) is 3. The lowest BCUT2D eigenvalue weighted by Gasteiger charge is -2.21. The van der Waals surface area contributed by atoms with E-state index in [1.807, 2.05) is 12.1 Å².